The van der Waals surface area contributed by atoms with Crippen molar-refractivity contribution in [1.82, 2.24) is 10.2 Å². The lowest BCUT2D eigenvalue weighted by Crippen LogP contribution is -2.43. The molecule has 1 heterocycles. The minimum atomic E-state index is -0.316. The summed E-state index contributed by atoms with van der Waals surface area (Å²) in [4.78, 5) is 25.0. The van der Waals surface area contributed by atoms with Crippen molar-refractivity contribution in [1.29, 1.82) is 0 Å². The van der Waals surface area contributed by atoms with Crippen molar-refractivity contribution in [2.24, 2.45) is 0 Å². The highest BCUT2D eigenvalue weighted by Gasteiger charge is 2.33. The summed E-state index contributed by atoms with van der Waals surface area (Å²) < 4.78 is 0. The first-order valence-electron chi connectivity index (χ1n) is 6.20. The first-order chi connectivity index (χ1) is 8.59. The van der Waals surface area contributed by atoms with Crippen LogP contribution in [0.1, 0.15) is 31.4 Å². The zero-order chi connectivity index (χ0) is 13.1. The second-order valence-corrected chi connectivity index (χ2v) is 4.70. The van der Waals surface area contributed by atoms with Gasteiger partial charge in [-0.05, 0) is 18.9 Å². The maximum atomic E-state index is 12.1. The molecule has 1 aromatic rings. The van der Waals surface area contributed by atoms with Gasteiger partial charge in [0.25, 0.3) is 0 Å². The van der Waals surface area contributed by atoms with E-state index in [1.807, 2.05) is 37.3 Å². The maximum absolute atomic E-state index is 12.1. The van der Waals surface area contributed by atoms with Gasteiger partial charge in [-0.1, -0.05) is 30.3 Å². The van der Waals surface area contributed by atoms with Crippen LogP contribution in [0.15, 0.2) is 30.3 Å². The fraction of sp³-hybridized carbons (Fsp3) is 0.429. The predicted molar refractivity (Wildman–Crippen MR) is 68.8 cm³/mol. The number of carbonyl (C=O) groups excluding carboxylic acids is 2. The molecule has 1 aliphatic rings. The normalized spacial score (nSPS) is 20.9. The molecular formula is C14H18N2O2. The van der Waals surface area contributed by atoms with Gasteiger partial charge in [0, 0.05) is 13.5 Å². The molecule has 1 saturated heterocycles. The van der Waals surface area contributed by atoms with Crippen LogP contribution in [0, 0.1) is 0 Å². The quantitative estimate of drug-likeness (QED) is 0.878. The van der Waals surface area contributed by atoms with Crippen molar-refractivity contribution in [3.8, 4) is 0 Å². The van der Waals surface area contributed by atoms with Crippen molar-refractivity contribution in [3.05, 3.63) is 35.9 Å². The number of hydrogen-bond acceptors (Lipinski definition) is 2. The molecule has 4 nitrogen and oxygen atoms in total. The zero-order valence-corrected chi connectivity index (χ0v) is 10.7. The summed E-state index contributed by atoms with van der Waals surface area (Å²) in [6, 6.07) is 9.45. The topological polar surface area (TPSA) is 49.4 Å². The first kappa shape index (κ1) is 12.6. The summed E-state index contributed by atoms with van der Waals surface area (Å²) in [6.07, 6.45) is 1.08. The molecule has 96 valence electrons. The van der Waals surface area contributed by atoms with Gasteiger partial charge >= 0.3 is 0 Å². The molecule has 1 fully saturated rings. The Balaban J connectivity index is 1.98. The Morgan fingerprint density at radius 2 is 2.06 bits per heavy atom. The average molecular weight is 246 g/mol. The fourth-order valence-corrected chi connectivity index (χ4v) is 2.25. The van der Waals surface area contributed by atoms with Gasteiger partial charge in [-0.25, -0.2) is 0 Å². The van der Waals surface area contributed by atoms with Gasteiger partial charge in [0.2, 0.25) is 11.8 Å². The summed E-state index contributed by atoms with van der Waals surface area (Å²) in [5.74, 6) is -0.0257. The third-order valence-corrected chi connectivity index (χ3v) is 3.45. The van der Waals surface area contributed by atoms with Gasteiger partial charge in [0.1, 0.15) is 6.04 Å². The zero-order valence-electron chi connectivity index (χ0n) is 10.7. The number of hydrogen-bond donors (Lipinski definition) is 1. The van der Waals surface area contributed by atoms with Crippen LogP contribution < -0.4 is 5.32 Å². The molecule has 0 aromatic heterocycles. The summed E-state index contributed by atoms with van der Waals surface area (Å²) in [5, 5.41) is 2.96. The van der Waals surface area contributed by atoms with Crippen LogP contribution in [0.2, 0.25) is 0 Å². The Bertz CT molecular complexity index is 444. The van der Waals surface area contributed by atoms with Gasteiger partial charge < -0.3 is 10.2 Å². The van der Waals surface area contributed by atoms with Gasteiger partial charge in [-0.2, -0.15) is 0 Å². The Kier molecular flexibility index (Phi) is 3.65. The van der Waals surface area contributed by atoms with E-state index in [1.165, 1.54) is 4.90 Å². The first-order valence-corrected chi connectivity index (χ1v) is 6.20. The third kappa shape index (κ3) is 2.53. The number of nitrogens with zero attached hydrogens (tertiary/aromatic N) is 1. The smallest absolute Gasteiger partial charge is 0.243 e. The number of rotatable bonds is 3. The highest BCUT2D eigenvalue weighted by atomic mass is 16.2. The number of benzene rings is 1. The Morgan fingerprint density at radius 3 is 2.61 bits per heavy atom. The summed E-state index contributed by atoms with van der Waals surface area (Å²) in [6.45, 7) is 1.95. The van der Waals surface area contributed by atoms with Crippen LogP contribution in [-0.2, 0) is 9.59 Å². The second-order valence-electron chi connectivity index (χ2n) is 4.70. The van der Waals surface area contributed by atoms with Crippen LogP contribution in [0.4, 0.5) is 0 Å². The molecule has 1 N–H and O–H groups in total. The van der Waals surface area contributed by atoms with E-state index in [4.69, 9.17) is 0 Å². The lowest BCUT2D eigenvalue weighted by Gasteiger charge is -2.22. The van der Waals surface area contributed by atoms with E-state index in [9.17, 15) is 9.59 Å². The standard InChI is InChI=1S/C14H18N2O2/c1-10(11-6-4-3-5-7-11)15-14(18)12-8-9-13(17)16(12)2/h3-7,10,12H,8-9H2,1-2H3,(H,15,18). The van der Waals surface area contributed by atoms with Crippen molar-refractivity contribution >= 4 is 11.8 Å². The van der Waals surface area contributed by atoms with Crippen LogP contribution in [0.5, 0.6) is 0 Å². The molecule has 0 aliphatic carbocycles. The van der Waals surface area contributed by atoms with Gasteiger partial charge in [-0.15, -0.1) is 0 Å². The summed E-state index contributed by atoms with van der Waals surface area (Å²) in [5.41, 5.74) is 1.07. The number of amides is 2. The van der Waals surface area contributed by atoms with Gasteiger partial charge in [-0.3, -0.25) is 9.59 Å². The molecule has 1 aliphatic heterocycles. The minimum absolute atomic E-state index is 0.0391. The number of likely N-dealkylation sites (N-methyl/N-ethyl adjacent to an activating group) is 1. The van der Waals surface area contributed by atoms with E-state index in [0.717, 1.165) is 5.56 Å². The second kappa shape index (κ2) is 5.21. The maximum Gasteiger partial charge on any atom is 0.243 e. The molecule has 18 heavy (non-hydrogen) atoms. The molecular weight excluding hydrogens is 228 g/mol. The number of carbonyl (C=O) groups is 2. The predicted octanol–water partition coefficient (Wildman–Crippen LogP) is 1.48. The Morgan fingerprint density at radius 1 is 1.39 bits per heavy atom. The molecule has 1 aromatic carbocycles. The highest BCUT2D eigenvalue weighted by molar-refractivity contribution is 5.90. The fourth-order valence-electron chi connectivity index (χ4n) is 2.25. The molecule has 0 radical (unpaired) electrons. The SMILES string of the molecule is CC(NC(=O)C1CCC(=O)N1C)c1ccccc1. The van der Waals surface area contributed by atoms with Crippen LogP contribution >= 0.6 is 0 Å². The van der Waals surface area contributed by atoms with Crippen LogP contribution in [0.25, 0.3) is 0 Å². The van der Waals surface area contributed by atoms with Crippen LogP contribution in [-0.4, -0.2) is 29.8 Å². The number of nitrogens with one attached hydrogen (secondary N) is 1. The lowest BCUT2D eigenvalue weighted by molar-refractivity contribution is -0.134. The third-order valence-electron chi connectivity index (χ3n) is 3.45. The van der Waals surface area contributed by atoms with E-state index >= 15 is 0 Å². The van der Waals surface area contributed by atoms with E-state index < -0.39 is 0 Å². The monoisotopic (exact) mass is 246 g/mol. The largest absolute Gasteiger partial charge is 0.348 e. The highest BCUT2D eigenvalue weighted by Crippen LogP contribution is 2.18. The van der Waals surface area contributed by atoms with Crippen molar-refractivity contribution in [3.63, 3.8) is 0 Å². The van der Waals surface area contributed by atoms with Crippen molar-refractivity contribution in [2.45, 2.75) is 31.8 Å². The van der Waals surface area contributed by atoms with E-state index in [1.54, 1.807) is 7.05 Å². The Hall–Kier alpha value is -1.84. The van der Waals surface area contributed by atoms with Crippen LogP contribution in [0.3, 0.4) is 0 Å². The molecule has 2 rings (SSSR count). The molecule has 2 unspecified atom stereocenters. The van der Waals surface area contributed by atoms with E-state index in [2.05, 4.69) is 5.32 Å². The molecule has 4 heteroatoms. The molecule has 0 spiro atoms. The average Bonchev–Trinajstić information content (AvgIpc) is 2.71. The molecule has 2 amide bonds. The van der Waals surface area contributed by atoms with Crippen molar-refractivity contribution < 1.29 is 9.59 Å². The van der Waals surface area contributed by atoms with Crippen molar-refractivity contribution in [2.75, 3.05) is 7.05 Å². The Labute approximate surface area is 107 Å². The number of likely N-dealkylation sites (tertiary alicyclic amines) is 1. The molecule has 2 atom stereocenters. The molecule has 0 saturated carbocycles. The van der Waals surface area contributed by atoms with E-state index in [0.29, 0.717) is 12.8 Å². The molecule has 0 bridgehead atoms. The van der Waals surface area contributed by atoms with Gasteiger partial charge in [0.15, 0.2) is 0 Å². The minimum Gasteiger partial charge on any atom is -0.348 e. The summed E-state index contributed by atoms with van der Waals surface area (Å²) >= 11 is 0. The lowest BCUT2D eigenvalue weighted by atomic mass is 10.1. The van der Waals surface area contributed by atoms with E-state index in [-0.39, 0.29) is 23.9 Å². The summed E-state index contributed by atoms with van der Waals surface area (Å²) in [7, 11) is 1.69. The van der Waals surface area contributed by atoms with Gasteiger partial charge in [0.05, 0.1) is 6.04 Å².